The van der Waals surface area contributed by atoms with Gasteiger partial charge in [-0.3, -0.25) is 4.90 Å². The standard InChI is InChI=1S/C14H28N2/c1-5-6-14-7-8-16(11-14)10-13(4)9-15-12(2)3/h12,14-15H,4-11H2,1-3H3. The summed E-state index contributed by atoms with van der Waals surface area (Å²) >= 11 is 0. The normalized spacial score (nSPS) is 21.9. The lowest BCUT2D eigenvalue weighted by Crippen LogP contribution is -2.30. The van der Waals surface area contributed by atoms with Crippen LogP contribution in [0.1, 0.15) is 40.0 Å². The van der Waals surface area contributed by atoms with E-state index in [1.165, 1.54) is 37.9 Å². The first kappa shape index (κ1) is 13.7. The third-order valence-corrected chi connectivity index (χ3v) is 3.27. The van der Waals surface area contributed by atoms with E-state index in [0.717, 1.165) is 19.0 Å². The summed E-state index contributed by atoms with van der Waals surface area (Å²) in [6, 6.07) is 0.558. The van der Waals surface area contributed by atoms with Gasteiger partial charge in [-0.25, -0.2) is 0 Å². The number of nitrogens with zero attached hydrogens (tertiary/aromatic N) is 1. The number of hydrogen-bond donors (Lipinski definition) is 1. The largest absolute Gasteiger partial charge is 0.311 e. The first-order chi connectivity index (χ1) is 7.61. The molecule has 16 heavy (non-hydrogen) atoms. The predicted octanol–water partition coefficient (Wildman–Crippen LogP) is 2.66. The van der Waals surface area contributed by atoms with Crippen LogP contribution < -0.4 is 5.32 Å². The lowest BCUT2D eigenvalue weighted by molar-refractivity contribution is 0.342. The molecular formula is C14H28N2. The summed E-state index contributed by atoms with van der Waals surface area (Å²) in [5, 5.41) is 3.43. The molecule has 0 spiro atoms. The molecule has 2 nitrogen and oxygen atoms in total. The van der Waals surface area contributed by atoms with Gasteiger partial charge in [0, 0.05) is 25.7 Å². The van der Waals surface area contributed by atoms with Crippen LogP contribution in [0.5, 0.6) is 0 Å². The Hall–Kier alpha value is -0.340. The van der Waals surface area contributed by atoms with Gasteiger partial charge < -0.3 is 5.32 Å². The second kappa shape index (κ2) is 7.08. The summed E-state index contributed by atoms with van der Waals surface area (Å²) in [7, 11) is 0. The van der Waals surface area contributed by atoms with Gasteiger partial charge in [-0.1, -0.05) is 33.8 Å². The van der Waals surface area contributed by atoms with E-state index >= 15 is 0 Å². The topological polar surface area (TPSA) is 15.3 Å². The number of likely N-dealkylation sites (tertiary alicyclic amines) is 1. The van der Waals surface area contributed by atoms with E-state index in [0.29, 0.717) is 6.04 Å². The van der Waals surface area contributed by atoms with Gasteiger partial charge in [0.05, 0.1) is 0 Å². The molecule has 1 heterocycles. The highest BCUT2D eigenvalue weighted by molar-refractivity contribution is 5.01. The zero-order chi connectivity index (χ0) is 12.0. The van der Waals surface area contributed by atoms with Crippen molar-refractivity contribution in [3.63, 3.8) is 0 Å². The molecule has 0 aromatic heterocycles. The molecule has 0 aromatic rings. The molecule has 1 saturated heterocycles. The maximum Gasteiger partial charge on any atom is 0.0202 e. The van der Waals surface area contributed by atoms with Gasteiger partial charge in [-0.2, -0.15) is 0 Å². The quantitative estimate of drug-likeness (QED) is 0.669. The van der Waals surface area contributed by atoms with Gasteiger partial charge in [-0.05, 0) is 30.9 Å². The molecule has 0 amide bonds. The molecule has 0 bridgehead atoms. The molecular weight excluding hydrogens is 196 g/mol. The van der Waals surface area contributed by atoms with Gasteiger partial charge in [0.1, 0.15) is 0 Å². The maximum atomic E-state index is 4.16. The highest BCUT2D eigenvalue weighted by Gasteiger charge is 2.21. The zero-order valence-corrected chi connectivity index (χ0v) is 11.3. The lowest BCUT2D eigenvalue weighted by atomic mass is 10.0. The molecule has 1 aliphatic rings. The molecule has 0 saturated carbocycles. The first-order valence-corrected chi connectivity index (χ1v) is 6.74. The Morgan fingerprint density at radius 2 is 2.25 bits per heavy atom. The fourth-order valence-corrected chi connectivity index (χ4v) is 2.42. The Labute approximate surface area is 101 Å². The molecule has 1 fully saturated rings. The molecule has 94 valence electrons. The third-order valence-electron chi connectivity index (χ3n) is 3.27. The Balaban J connectivity index is 2.15. The van der Waals surface area contributed by atoms with Crippen LogP contribution in [0.4, 0.5) is 0 Å². The Morgan fingerprint density at radius 3 is 2.88 bits per heavy atom. The highest BCUT2D eigenvalue weighted by atomic mass is 15.1. The third kappa shape index (κ3) is 5.13. The van der Waals surface area contributed by atoms with Crippen molar-refractivity contribution in [2.75, 3.05) is 26.2 Å². The van der Waals surface area contributed by atoms with Gasteiger partial charge in [0.15, 0.2) is 0 Å². The van der Waals surface area contributed by atoms with Crippen LogP contribution in [0, 0.1) is 5.92 Å². The first-order valence-electron chi connectivity index (χ1n) is 6.74. The fraction of sp³-hybridized carbons (Fsp3) is 0.857. The van der Waals surface area contributed by atoms with E-state index in [1.54, 1.807) is 0 Å². The number of nitrogens with one attached hydrogen (secondary N) is 1. The predicted molar refractivity (Wildman–Crippen MR) is 71.7 cm³/mol. The van der Waals surface area contributed by atoms with Crippen molar-refractivity contribution < 1.29 is 0 Å². The summed E-state index contributed by atoms with van der Waals surface area (Å²) < 4.78 is 0. The minimum absolute atomic E-state index is 0.558. The van der Waals surface area contributed by atoms with E-state index in [2.05, 4.69) is 37.6 Å². The monoisotopic (exact) mass is 224 g/mol. The van der Waals surface area contributed by atoms with Crippen molar-refractivity contribution in [1.82, 2.24) is 10.2 Å². The van der Waals surface area contributed by atoms with Crippen LogP contribution in [0.2, 0.25) is 0 Å². The number of rotatable bonds is 7. The smallest absolute Gasteiger partial charge is 0.0202 e. The van der Waals surface area contributed by atoms with Crippen LogP contribution in [-0.2, 0) is 0 Å². The van der Waals surface area contributed by atoms with Crippen molar-refractivity contribution in [3.05, 3.63) is 12.2 Å². The van der Waals surface area contributed by atoms with Crippen LogP contribution >= 0.6 is 0 Å². The fourth-order valence-electron chi connectivity index (χ4n) is 2.42. The summed E-state index contributed by atoms with van der Waals surface area (Å²) in [4.78, 5) is 2.56. The van der Waals surface area contributed by atoms with E-state index in [4.69, 9.17) is 0 Å². The summed E-state index contributed by atoms with van der Waals surface area (Å²) in [6.07, 6.45) is 4.11. The van der Waals surface area contributed by atoms with Crippen molar-refractivity contribution in [1.29, 1.82) is 0 Å². The molecule has 1 rings (SSSR count). The maximum absolute atomic E-state index is 4.16. The summed E-state index contributed by atoms with van der Waals surface area (Å²) in [5.41, 5.74) is 1.32. The van der Waals surface area contributed by atoms with Crippen LogP contribution in [0.3, 0.4) is 0 Å². The lowest BCUT2D eigenvalue weighted by Gasteiger charge is -2.18. The van der Waals surface area contributed by atoms with E-state index in [9.17, 15) is 0 Å². The molecule has 2 heteroatoms. The van der Waals surface area contributed by atoms with Gasteiger partial charge in [-0.15, -0.1) is 0 Å². The van der Waals surface area contributed by atoms with Crippen LogP contribution in [0.25, 0.3) is 0 Å². The molecule has 0 radical (unpaired) electrons. The minimum atomic E-state index is 0.558. The zero-order valence-electron chi connectivity index (χ0n) is 11.3. The average molecular weight is 224 g/mol. The molecule has 1 N–H and O–H groups in total. The minimum Gasteiger partial charge on any atom is -0.311 e. The Kier molecular flexibility index (Phi) is 6.07. The second-order valence-corrected chi connectivity index (χ2v) is 5.46. The number of hydrogen-bond acceptors (Lipinski definition) is 2. The average Bonchev–Trinajstić information content (AvgIpc) is 2.63. The van der Waals surface area contributed by atoms with Crippen molar-refractivity contribution in [2.24, 2.45) is 5.92 Å². The van der Waals surface area contributed by atoms with Crippen molar-refractivity contribution in [3.8, 4) is 0 Å². The Bertz CT molecular complexity index is 211. The summed E-state index contributed by atoms with van der Waals surface area (Å²) in [5.74, 6) is 0.941. The summed E-state index contributed by atoms with van der Waals surface area (Å²) in [6.45, 7) is 15.4. The molecule has 1 atom stereocenters. The van der Waals surface area contributed by atoms with Gasteiger partial charge >= 0.3 is 0 Å². The molecule has 0 aliphatic carbocycles. The van der Waals surface area contributed by atoms with E-state index < -0.39 is 0 Å². The Morgan fingerprint density at radius 1 is 1.50 bits per heavy atom. The highest BCUT2D eigenvalue weighted by Crippen LogP contribution is 2.21. The van der Waals surface area contributed by atoms with Crippen LogP contribution in [-0.4, -0.2) is 37.1 Å². The van der Waals surface area contributed by atoms with Gasteiger partial charge in [0.2, 0.25) is 0 Å². The second-order valence-electron chi connectivity index (χ2n) is 5.46. The van der Waals surface area contributed by atoms with Crippen LogP contribution in [0.15, 0.2) is 12.2 Å². The molecule has 1 aliphatic heterocycles. The van der Waals surface area contributed by atoms with E-state index in [-0.39, 0.29) is 0 Å². The van der Waals surface area contributed by atoms with E-state index in [1.807, 2.05) is 0 Å². The van der Waals surface area contributed by atoms with Crippen molar-refractivity contribution >= 4 is 0 Å². The molecule has 1 unspecified atom stereocenters. The SMILES string of the molecule is C=C(CNC(C)C)CN1CCC(CCC)C1. The van der Waals surface area contributed by atoms with Crippen molar-refractivity contribution in [2.45, 2.75) is 46.1 Å². The van der Waals surface area contributed by atoms with Gasteiger partial charge in [0.25, 0.3) is 0 Å². The molecule has 0 aromatic carbocycles.